The summed E-state index contributed by atoms with van der Waals surface area (Å²) in [5, 5.41) is 0. The van der Waals surface area contributed by atoms with Crippen LogP contribution in [0.3, 0.4) is 0 Å². The molecular weight excluding hydrogens is 621 g/mol. The van der Waals surface area contributed by atoms with Crippen molar-refractivity contribution >= 4 is 12.2 Å². The monoisotopic (exact) mass is 650 g/mol. The molecule has 10 rings (SSSR count). The number of rotatable bonds is 4. The molecule has 0 amide bonds. The van der Waals surface area contributed by atoms with Gasteiger partial charge in [-0.2, -0.15) is 0 Å². The average molecular weight is 651 g/mol. The van der Waals surface area contributed by atoms with E-state index < -0.39 is 5.41 Å². The van der Waals surface area contributed by atoms with Crippen molar-refractivity contribution in [3.8, 4) is 56.5 Å². The topological polar surface area (TPSA) is 51.6 Å². The van der Waals surface area contributed by atoms with Gasteiger partial charge in [0.1, 0.15) is 0 Å². The summed E-state index contributed by atoms with van der Waals surface area (Å²) in [5.41, 5.74) is 14.3. The highest BCUT2D eigenvalue weighted by Gasteiger charge is 2.48. The molecule has 51 heavy (non-hydrogen) atoms. The summed E-state index contributed by atoms with van der Waals surface area (Å²) in [6.07, 6.45) is 6.34. The van der Waals surface area contributed by atoms with Gasteiger partial charge in [0.15, 0.2) is 17.5 Å². The Morgan fingerprint density at radius 1 is 0.353 bits per heavy atom. The fraction of sp³-hybridized carbons (Fsp3) is 0.0213. The summed E-state index contributed by atoms with van der Waals surface area (Å²) in [6, 6.07) is 57.7. The number of benzene rings is 6. The van der Waals surface area contributed by atoms with Crippen molar-refractivity contribution in [1.29, 1.82) is 0 Å². The molecule has 0 saturated carbocycles. The molecule has 8 aromatic rings. The number of nitrogens with zero attached hydrogens (tertiary/aromatic N) is 4. The Balaban J connectivity index is 1.17. The van der Waals surface area contributed by atoms with Crippen LogP contribution < -0.4 is 0 Å². The zero-order valence-electron chi connectivity index (χ0n) is 27.6. The highest BCUT2D eigenvalue weighted by Crippen LogP contribution is 2.58. The third-order valence-electron chi connectivity index (χ3n) is 10.2. The molecule has 2 aliphatic carbocycles. The average Bonchev–Trinajstić information content (AvgIpc) is 3.41. The van der Waals surface area contributed by atoms with E-state index in [2.05, 4.69) is 132 Å². The molecule has 4 nitrogen and oxygen atoms in total. The second kappa shape index (κ2) is 11.7. The van der Waals surface area contributed by atoms with Crippen LogP contribution in [0.15, 0.2) is 170 Å². The zero-order chi connectivity index (χ0) is 33.8. The molecule has 1 spiro atoms. The van der Waals surface area contributed by atoms with Crippen molar-refractivity contribution in [2.75, 3.05) is 0 Å². The lowest BCUT2D eigenvalue weighted by Crippen LogP contribution is -2.29. The molecule has 2 aromatic heterocycles. The quantitative estimate of drug-likeness (QED) is 0.190. The number of hydrogen-bond donors (Lipinski definition) is 0. The van der Waals surface area contributed by atoms with Crippen LogP contribution in [-0.2, 0) is 5.41 Å². The van der Waals surface area contributed by atoms with Gasteiger partial charge in [0.05, 0.1) is 11.1 Å². The maximum atomic E-state index is 5.13. The van der Waals surface area contributed by atoms with E-state index >= 15 is 0 Å². The van der Waals surface area contributed by atoms with E-state index in [4.69, 9.17) is 15.0 Å². The molecule has 4 heteroatoms. The van der Waals surface area contributed by atoms with Crippen molar-refractivity contribution in [1.82, 2.24) is 19.9 Å². The Bertz CT molecular complexity index is 2580. The number of fused-ring (bicyclic) bond motifs is 9. The Labute approximate surface area is 296 Å². The highest BCUT2D eigenvalue weighted by molar-refractivity contribution is 5.92. The van der Waals surface area contributed by atoms with Crippen LogP contribution in [0.5, 0.6) is 0 Å². The predicted molar refractivity (Wildman–Crippen MR) is 206 cm³/mol. The summed E-state index contributed by atoms with van der Waals surface area (Å²) < 4.78 is 0. The summed E-state index contributed by atoms with van der Waals surface area (Å²) in [5.74, 6) is 1.90. The van der Waals surface area contributed by atoms with Gasteiger partial charge in [0, 0.05) is 28.5 Å². The molecular formula is C47H30N4. The minimum absolute atomic E-state index is 0.476. The fourth-order valence-corrected chi connectivity index (χ4v) is 7.97. The second-order valence-corrected chi connectivity index (χ2v) is 13.0. The fourth-order valence-electron chi connectivity index (χ4n) is 7.97. The SMILES string of the molecule is C1=Cc2ccccc2C2(c3ccccc31)c1ccccc1-c1cc(-c3nc(-c4ccccc4)nc(-c4ccc(-c5ccccn5)cc4)n3)ccc12. The summed E-state index contributed by atoms with van der Waals surface area (Å²) in [6.45, 7) is 0. The second-order valence-electron chi connectivity index (χ2n) is 13.0. The third kappa shape index (κ3) is 4.61. The molecule has 0 N–H and O–H groups in total. The lowest BCUT2D eigenvalue weighted by Gasteiger charge is -2.35. The van der Waals surface area contributed by atoms with Gasteiger partial charge >= 0.3 is 0 Å². The van der Waals surface area contributed by atoms with Gasteiger partial charge < -0.3 is 0 Å². The normalized spacial score (nSPS) is 13.2. The van der Waals surface area contributed by atoms with E-state index in [0.29, 0.717) is 17.5 Å². The van der Waals surface area contributed by atoms with E-state index in [0.717, 1.165) is 27.9 Å². The first-order valence-electron chi connectivity index (χ1n) is 17.2. The first kappa shape index (κ1) is 29.2. The minimum atomic E-state index is -0.476. The molecule has 238 valence electrons. The Morgan fingerprint density at radius 2 is 0.863 bits per heavy atom. The smallest absolute Gasteiger partial charge is 0.164 e. The van der Waals surface area contributed by atoms with Crippen LogP contribution in [0.2, 0.25) is 0 Å². The standard InChI is InChI=1S/C47H30N4/c1-2-14-34(15-3-1)44-49-45(35-25-23-33(24-26-35)43-20-10-11-29-48-43)51-46(50-44)36-27-28-42-38(30-36)37-16-6-9-19-41(37)47(42)39-17-7-4-12-31(39)21-22-32-13-5-8-18-40(32)47/h1-30H. The number of hydrogen-bond acceptors (Lipinski definition) is 4. The molecule has 0 atom stereocenters. The van der Waals surface area contributed by atoms with Crippen LogP contribution in [0.4, 0.5) is 0 Å². The van der Waals surface area contributed by atoms with Crippen LogP contribution >= 0.6 is 0 Å². The van der Waals surface area contributed by atoms with E-state index in [1.54, 1.807) is 0 Å². The Kier molecular flexibility index (Phi) is 6.68. The largest absolute Gasteiger partial charge is 0.256 e. The maximum Gasteiger partial charge on any atom is 0.164 e. The van der Waals surface area contributed by atoms with Crippen LogP contribution in [0, 0.1) is 0 Å². The summed E-state index contributed by atoms with van der Waals surface area (Å²) >= 11 is 0. The molecule has 2 aliphatic rings. The molecule has 0 saturated heterocycles. The van der Waals surface area contributed by atoms with Crippen LogP contribution in [-0.4, -0.2) is 19.9 Å². The third-order valence-corrected chi connectivity index (χ3v) is 10.2. The molecule has 0 bridgehead atoms. The van der Waals surface area contributed by atoms with Gasteiger partial charge in [-0.25, -0.2) is 15.0 Å². The number of aromatic nitrogens is 4. The predicted octanol–water partition coefficient (Wildman–Crippen LogP) is 10.8. The van der Waals surface area contributed by atoms with Gasteiger partial charge in [0.2, 0.25) is 0 Å². The van der Waals surface area contributed by atoms with E-state index in [1.807, 2.05) is 54.7 Å². The van der Waals surface area contributed by atoms with Crippen molar-refractivity contribution in [2.45, 2.75) is 5.41 Å². The molecule has 0 fully saturated rings. The molecule has 0 aliphatic heterocycles. The summed E-state index contributed by atoms with van der Waals surface area (Å²) in [7, 11) is 0. The van der Waals surface area contributed by atoms with Crippen molar-refractivity contribution in [3.05, 3.63) is 203 Å². The first-order chi connectivity index (χ1) is 25.3. The lowest BCUT2D eigenvalue weighted by molar-refractivity contribution is 0.766. The van der Waals surface area contributed by atoms with E-state index in [-0.39, 0.29) is 0 Å². The zero-order valence-corrected chi connectivity index (χ0v) is 27.6. The molecule has 0 radical (unpaired) electrons. The van der Waals surface area contributed by atoms with Crippen molar-refractivity contribution in [3.63, 3.8) is 0 Å². The Morgan fingerprint density at radius 3 is 1.53 bits per heavy atom. The van der Waals surface area contributed by atoms with Gasteiger partial charge in [-0.1, -0.05) is 158 Å². The van der Waals surface area contributed by atoms with Crippen LogP contribution in [0.25, 0.3) is 68.7 Å². The lowest BCUT2D eigenvalue weighted by atomic mass is 9.66. The summed E-state index contributed by atoms with van der Waals surface area (Å²) in [4.78, 5) is 19.7. The van der Waals surface area contributed by atoms with Crippen molar-refractivity contribution < 1.29 is 0 Å². The van der Waals surface area contributed by atoms with Crippen LogP contribution in [0.1, 0.15) is 33.4 Å². The Hall–Kier alpha value is -6.78. The van der Waals surface area contributed by atoms with Gasteiger partial charge in [-0.3, -0.25) is 4.98 Å². The van der Waals surface area contributed by atoms with E-state index in [9.17, 15) is 0 Å². The van der Waals surface area contributed by atoms with Crippen molar-refractivity contribution in [2.24, 2.45) is 0 Å². The maximum absolute atomic E-state index is 5.13. The first-order valence-corrected chi connectivity index (χ1v) is 17.2. The van der Waals surface area contributed by atoms with Gasteiger partial charge in [-0.15, -0.1) is 0 Å². The molecule has 6 aromatic carbocycles. The molecule has 2 heterocycles. The minimum Gasteiger partial charge on any atom is -0.256 e. The van der Waals surface area contributed by atoms with Gasteiger partial charge in [-0.05, 0) is 62.7 Å². The highest BCUT2D eigenvalue weighted by atomic mass is 15.0. The number of pyridine rings is 1. The van der Waals surface area contributed by atoms with Gasteiger partial charge in [0.25, 0.3) is 0 Å². The molecule has 0 unspecified atom stereocenters. The van der Waals surface area contributed by atoms with E-state index in [1.165, 1.54) is 44.5 Å².